The minimum Gasteiger partial charge on any atom is -0.465 e. The first-order valence-electron chi connectivity index (χ1n) is 6.46. The number of carbonyl (C=O) groups is 1. The molecule has 1 unspecified atom stereocenters. The van der Waals surface area contributed by atoms with Gasteiger partial charge in [-0.1, -0.05) is 23.7 Å². The number of ether oxygens (including phenoxy) is 1. The number of rotatable bonds is 5. The quantitative estimate of drug-likeness (QED) is 0.790. The molecule has 0 spiro atoms. The molecule has 0 saturated carbocycles. The molecule has 1 heterocycles. The fourth-order valence-corrected chi connectivity index (χ4v) is 1.91. The van der Waals surface area contributed by atoms with Gasteiger partial charge < -0.3 is 14.2 Å². The molecule has 0 fully saturated rings. The zero-order valence-electron chi connectivity index (χ0n) is 12.0. The molecule has 0 saturated heterocycles. The van der Waals surface area contributed by atoms with Crippen molar-refractivity contribution in [3.63, 3.8) is 0 Å². The monoisotopic (exact) mass is 309 g/mol. The zero-order chi connectivity index (χ0) is 15.4. The Morgan fingerprint density at radius 3 is 2.57 bits per heavy atom. The summed E-state index contributed by atoms with van der Waals surface area (Å²) in [7, 11) is 3.58. The topological polar surface area (TPSA) is 68.5 Å². The summed E-state index contributed by atoms with van der Waals surface area (Å²) in [5, 5.41) is 4.41. The van der Waals surface area contributed by atoms with Crippen molar-refractivity contribution in [2.24, 2.45) is 0 Å². The molecule has 0 amide bonds. The molecule has 1 atom stereocenters. The van der Waals surface area contributed by atoms with Gasteiger partial charge in [-0.2, -0.15) is 4.98 Å². The molecule has 7 heteroatoms. The highest BCUT2D eigenvalue weighted by Gasteiger charge is 2.30. The van der Waals surface area contributed by atoms with Gasteiger partial charge in [0, 0.05) is 19.1 Å². The van der Waals surface area contributed by atoms with E-state index in [1.807, 2.05) is 0 Å². The van der Waals surface area contributed by atoms with E-state index >= 15 is 0 Å². The van der Waals surface area contributed by atoms with Gasteiger partial charge in [0.25, 0.3) is 5.95 Å². The number of esters is 1. The van der Waals surface area contributed by atoms with Crippen molar-refractivity contribution < 1.29 is 14.1 Å². The van der Waals surface area contributed by atoms with E-state index in [0.717, 1.165) is 0 Å². The van der Waals surface area contributed by atoms with Gasteiger partial charge in [-0.3, -0.25) is 4.79 Å². The van der Waals surface area contributed by atoms with Crippen LogP contribution in [0.1, 0.15) is 24.3 Å². The minimum atomic E-state index is -0.761. The summed E-state index contributed by atoms with van der Waals surface area (Å²) in [6.45, 7) is 2.02. The molecule has 0 aliphatic heterocycles. The molecule has 1 aromatic carbocycles. The summed E-state index contributed by atoms with van der Waals surface area (Å²) in [6.07, 6.45) is 0. The van der Waals surface area contributed by atoms with Crippen molar-refractivity contribution in [2.45, 2.75) is 12.8 Å². The lowest BCUT2D eigenvalue weighted by Gasteiger charge is -2.12. The number of anilines is 1. The fraction of sp³-hybridized carbons (Fsp3) is 0.357. The standard InChI is InChI=1S/C14H16ClN3O3/c1-4-20-13(19)11(9-5-7-10(15)8-6-9)12-16-14(17-21-12)18(2)3/h5-8,11H,4H2,1-3H3. The second-order valence-corrected chi connectivity index (χ2v) is 5.00. The molecule has 112 valence electrons. The van der Waals surface area contributed by atoms with E-state index in [1.165, 1.54) is 0 Å². The molecule has 0 aliphatic carbocycles. The van der Waals surface area contributed by atoms with Gasteiger partial charge in [-0.25, -0.2) is 0 Å². The molecule has 0 N–H and O–H groups in total. The van der Waals surface area contributed by atoms with Crippen LogP contribution < -0.4 is 4.90 Å². The van der Waals surface area contributed by atoms with Crippen LogP contribution in [0.3, 0.4) is 0 Å². The predicted molar refractivity (Wildman–Crippen MR) is 78.6 cm³/mol. The first-order valence-corrected chi connectivity index (χ1v) is 6.83. The second kappa shape index (κ2) is 6.58. The summed E-state index contributed by atoms with van der Waals surface area (Å²) in [6, 6.07) is 6.88. The van der Waals surface area contributed by atoms with Crippen LogP contribution in [0, 0.1) is 0 Å². The van der Waals surface area contributed by atoms with E-state index in [1.54, 1.807) is 50.2 Å². The van der Waals surface area contributed by atoms with E-state index < -0.39 is 11.9 Å². The van der Waals surface area contributed by atoms with Crippen LogP contribution >= 0.6 is 11.6 Å². The second-order valence-electron chi connectivity index (χ2n) is 4.56. The average Bonchev–Trinajstić information content (AvgIpc) is 2.91. The number of halogens is 1. The number of aromatic nitrogens is 2. The van der Waals surface area contributed by atoms with Crippen molar-refractivity contribution >= 4 is 23.5 Å². The van der Waals surface area contributed by atoms with Crippen LogP contribution in [0.15, 0.2) is 28.8 Å². The summed E-state index contributed by atoms with van der Waals surface area (Å²) >= 11 is 5.87. The maximum Gasteiger partial charge on any atom is 0.323 e. The lowest BCUT2D eigenvalue weighted by molar-refractivity contribution is -0.144. The predicted octanol–water partition coefficient (Wildman–Crippen LogP) is 2.48. The van der Waals surface area contributed by atoms with Gasteiger partial charge in [0.2, 0.25) is 5.89 Å². The van der Waals surface area contributed by atoms with Crippen molar-refractivity contribution in [3.05, 3.63) is 40.7 Å². The largest absolute Gasteiger partial charge is 0.465 e. The van der Waals surface area contributed by atoms with Gasteiger partial charge in [0.1, 0.15) is 0 Å². The van der Waals surface area contributed by atoms with E-state index in [4.69, 9.17) is 20.9 Å². The van der Waals surface area contributed by atoms with Gasteiger partial charge in [0.15, 0.2) is 5.92 Å². The zero-order valence-corrected chi connectivity index (χ0v) is 12.8. The van der Waals surface area contributed by atoms with Crippen LogP contribution in [0.5, 0.6) is 0 Å². The smallest absolute Gasteiger partial charge is 0.323 e. The van der Waals surface area contributed by atoms with Crippen LogP contribution in [0.4, 0.5) is 5.95 Å². The van der Waals surface area contributed by atoms with Crippen LogP contribution in [-0.4, -0.2) is 36.8 Å². The molecular formula is C14H16ClN3O3. The maximum absolute atomic E-state index is 12.2. The maximum atomic E-state index is 12.2. The minimum absolute atomic E-state index is 0.194. The molecule has 0 bridgehead atoms. The first-order chi connectivity index (χ1) is 10.0. The van der Waals surface area contributed by atoms with Gasteiger partial charge in [-0.05, 0) is 29.8 Å². The lowest BCUT2D eigenvalue weighted by atomic mass is 9.99. The Balaban J connectivity index is 2.39. The summed E-state index contributed by atoms with van der Waals surface area (Å²) in [4.78, 5) is 18.1. The summed E-state index contributed by atoms with van der Waals surface area (Å²) < 4.78 is 10.3. The van der Waals surface area contributed by atoms with Gasteiger partial charge in [-0.15, -0.1) is 0 Å². The van der Waals surface area contributed by atoms with Crippen LogP contribution in [-0.2, 0) is 9.53 Å². The Hall–Kier alpha value is -2.08. The third kappa shape index (κ3) is 3.52. The fourth-order valence-electron chi connectivity index (χ4n) is 1.79. The van der Waals surface area contributed by atoms with E-state index in [0.29, 0.717) is 16.5 Å². The third-order valence-electron chi connectivity index (χ3n) is 2.80. The summed E-state index contributed by atoms with van der Waals surface area (Å²) in [5.74, 6) is -0.607. The summed E-state index contributed by atoms with van der Waals surface area (Å²) in [5.41, 5.74) is 0.687. The number of carbonyl (C=O) groups excluding carboxylic acids is 1. The van der Waals surface area contributed by atoms with E-state index in [-0.39, 0.29) is 12.5 Å². The molecule has 21 heavy (non-hydrogen) atoms. The highest BCUT2D eigenvalue weighted by Crippen LogP contribution is 2.27. The number of hydrogen-bond donors (Lipinski definition) is 0. The van der Waals surface area contributed by atoms with Gasteiger partial charge in [0.05, 0.1) is 6.61 Å². The third-order valence-corrected chi connectivity index (χ3v) is 3.06. The highest BCUT2D eigenvalue weighted by atomic mass is 35.5. The van der Waals surface area contributed by atoms with Crippen LogP contribution in [0.2, 0.25) is 5.02 Å². The molecule has 6 nitrogen and oxygen atoms in total. The Morgan fingerprint density at radius 2 is 2.05 bits per heavy atom. The molecule has 2 aromatic rings. The van der Waals surface area contributed by atoms with Crippen molar-refractivity contribution in [1.82, 2.24) is 10.1 Å². The average molecular weight is 310 g/mol. The molecular weight excluding hydrogens is 294 g/mol. The Labute approximate surface area is 127 Å². The normalized spacial score (nSPS) is 12.0. The molecule has 2 rings (SSSR count). The Kier molecular flexibility index (Phi) is 4.80. The van der Waals surface area contributed by atoms with E-state index in [2.05, 4.69) is 10.1 Å². The van der Waals surface area contributed by atoms with Gasteiger partial charge >= 0.3 is 5.97 Å². The SMILES string of the molecule is CCOC(=O)C(c1ccc(Cl)cc1)c1nc(N(C)C)no1. The lowest BCUT2D eigenvalue weighted by Crippen LogP contribution is -2.18. The van der Waals surface area contributed by atoms with Crippen molar-refractivity contribution in [2.75, 3.05) is 25.6 Å². The first kappa shape index (κ1) is 15.3. The molecule has 0 radical (unpaired) electrons. The Morgan fingerprint density at radius 1 is 1.38 bits per heavy atom. The van der Waals surface area contributed by atoms with Crippen LogP contribution in [0.25, 0.3) is 0 Å². The number of nitrogens with zero attached hydrogens (tertiary/aromatic N) is 3. The molecule has 1 aromatic heterocycles. The van der Waals surface area contributed by atoms with Crippen molar-refractivity contribution in [3.8, 4) is 0 Å². The number of benzene rings is 1. The van der Waals surface area contributed by atoms with E-state index in [9.17, 15) is 4.79 Å². The number of hydrogen-bond acceptors (Lipinski definition) is 6. The van der Waals surface area contributed by atoms with Crippen molar-refractivity contribution in [1.29, 1.82) is 0 Å². The Bertz CT molecular complexity index is 610. The molecule has 0 aliphatic rings. The highest BCUT2D eigenvalue weighted by molar-refractivity contribution is 6.30.